The number of hydrogen-bond donors (Lipinski definition) is 4. The molecular weight excluding hydrogens is 372 g/mol. The molecule has 4 N–H and O–H groups in total. The van der Waals surface area contributed by atoms with Crippen molar-refractivity contribution in [3.8, 4) is 0 Å². The summed E-state index contributed by atoms with van der Waals surface area (Å²) in [6.45, 7) is 1.23. The lowest BCUT2D eigenvalue weighted by molar-refractivity contribution is -0.143. The van der Waals surface area contributed by atoms with Gasteiger partial charge in [0.15, 0.2) is 0 Å². The van der Waals surface area contributed by atoms with Crippen LogP contribution in [0.5, 0.6) is 0 Å². The zero-order valence-electron chi connectivity index (χ0n) is 18.1. The van der Waals surface area contributed by atoms with Crippen LogP contribution in [0.1, 0.15) is 96.8 Å². The second-order valence-corrected chi connectivity index (χ2v) is 8.11. The summed E-state index contributed by atoms with van der Waals surface area (Å²) in [7, 11) is 0. The van der Waals surface area contributed by atoms with E-state index < -0.39 is 24.6 Å². The van der Waals surface area contributed by atoms with E-state index in [0.29, 0.717) is 19.3 Å². The largest absolute Gasteiger partial charge is 0.481 e. The van der Waals surface area contributed by atoms with Crippen LogP contribution >= 0.6 is 0 Å². The molecule has 0 bridgehead atoms. The van der Waals surface area contributed by atoms with Crippen LogP contribution in [0.15, 0.2) is 12.2 Å². The van der Waals surface area contributed by atoms with Crippen LogP contribution in [-0.2, 0) is 9.59 Å². The number of allylic oxidation sites excluding steroid dienone is 1. The summed E-state index contributed by atoms with van der Waals surface area (Å²) in [5, 5.41) is 37.3. The smallest absolute Gasteiger partial charge is 0.306 e. The maximum Gasteiger partial charge on any atom is 0.306 e. The van der Waals surface area contributed by atoms with Gasteiger partial charge in [0.1, 0.15) is 5.78 Å². The first-order valence-corrected chi connectivity index (χ1v) is 11.2. The third-order valence-electron chi connectivity index (χ3n) is 5.18. The van der Waals surface area contributed by atoms with Gasteiger partial charge in [-0.1, -0.05) is 50.7 Å². The van der Waals surface area contributed by atoms with Crippen molar-refractivity contribution in [1.82, 2.24) is 0 Å². The molecule has 0 aliphatic carbocycles. The first-order chi connectivity index (χ1) is 13.9. The van der Waals surface area contributed by atoms with Gasteiger partial charge in [0.05, 0.1) is 24.7 Å². The first kappa shape index (κ1) is 27.8. The Balaban J connectivity index is 3.59. The van der Waals surface area contributed by atoms with Crippen molar-refractivity contribution in [2.45, 2.75) is 109 Å². The van der Waals surface area contributed by atoms with Gasteiger partial charge in [-0.05, 0) is 51.9 Å². The Labute approximate surface area is 176 Å². The zero-order chi connectivity index (χ0) is 21.9. The van der Waals surface area contributed by atoms with Gasteiger partial charge >= 0.3 is 5.97 Å². The molecule has 29 heavy (non-hydrogen) atoms. The van der Waals surface area contributed by atoms with Crippen LogP contribution in [-0.4, -0.2) is 51.0 Å². The molecule has 2 unspecified atom stereocenters. The molecule has 0 aromatic rings. The van der Waals surface area contributed by atoms with Crippen molar-refractivity contribution in [2.24, 2.45) is 5.92 Å². The van der Waals surface area contributed by atoms with E-state index in [-0.39, 0.29) is 18.3 Å². The first-order valence-electron chi connectivity index (χ1n) is 11.2. The normalized spacial score (nSPS) is 14.8. The lowest BCUT2D eigenvalue weighted by atomic mass is 9.95. The minimum absolute atomic E-state index is 0.106. The quantitative estimate of drug-likeness (QED) is 0.177. The maximum absolute atomic E-state index is 11.1. The van der Waals surface area contributed by atoms with Gasteiger partial charge < -0.3 is 25.2 Å². The molecular formula is C23H42O6. The van der Waals surface area contributed by atoms with Crippen LogP contribution in [0.3, 0.4) is 0 Å². The van der Waals surface area contributed by atoms with Crippen molar-refractivity contribution in [3.63, 3.8) is 0 Å². The molecule has 6 nitrogen and oxygen atoms in total. The Morgan fingerprint density at radius 2 is 1.45 bits per heavy atom. The fraction of sp³-hybridized carbons (Fsp3) is 0.826. The van der Waals surface area contributed by atoms with Gasteiger partial charge in [-0.25, -0.2) is 0 Å². The third kappa shape index (κ3) is 18.5. The van der Waals surface area contributed by atoms with Gasteiger partial charge in [-0.2, -0.15) is 0 Å². The number of rotatable bonds is 20. The van der Waals surface area contributed by atoms with E-state index in [4.69, 9.17) is 10.2 Å². The number of hydrogen-bond acceptors (Lipinski definition) is 5. The highest BCUT2D eigenvalue weighted by molar-refractivity contribution is 5.75. The maximum atomic E-state index is 11.1. The average Bonchev–Trinajstić information content (AvgIpc) is 2.67. The van der Waals surface area contributed by atoms with Gasteiger partial charge in [0, 0.05) is 6.42 Å². The van der Waals surface area contributed by atoms with Crippen LogP contribution in [0.2, 0.25) is 0 Å². The number of Topliss-reactive ketones (excluding diaryl/α,β-unsaturated/α-hetero) is 1. The van der Waals surface area contributed by atoms with E-state index >= 15 is 0 Å². The van der Waals surface area contributed by atoms with Crippen molar-refractivity contribution < 1.29 is 30.0 Å². The zero-order valence-corrected chi connectivity index (χ0v) is 18.1. The van der Waals surface area contributed by atoms with E-state index in [1.807, 2.05) is 6.08 Å². The summed E-state index contributed by atoms with van der Waals surface area (Å²) in [5.41, 5.74) is 0. The number of aliphatic hydroxyl groups excluding tert-OH is 3. The van der Waals surface area contributed by atoms with E-state index in [1.165, 1.54) is 0 Å². The predicted octanol–water partition coefficient (Wildman–Crippen LogP) is 4.01. The number of carbonyl (C=O) groups excluding carboxylic acids is 1. The summed E-state index contributed by atoms with van der Waals surface area (Å²) >= 11 is 0. The predicted molar refractivity (Wildman–Crippen MR) is 115 cm³/mol. The van der Waals surface area contributed by atoms with Crippen molar-refractivity contribution in [2.75, 3.05) is 6.61 Å². The molecule has 0 fully saturated rings. The molecule has 0 saturated heterocycles. The number of ketones is 1. The van der Waals surface area contributed by atoms with Gasteiger partial charge in [-0.3, -0.25) is 4.79 Å². The molecule has 0 aromatic heterocycles. The Morgan fingerprint density at radius 1 is 0.828 bits per heavy atom. The minimum Gasteiger partial charge on any atom is -0.481 e. The molecule has 0 aliphatic rings. The topological polar surface area (TPSA) is 115 Å². The molecule has 0 spiro atoms. The fourth-order valence-electron chi connectivity index (χ4n) is 3.35. The Kier molecular flexibility index (Phi) is 18.0. The Hall–Kier alpha value is -1.24. The highest BCUT2D eigenvalue weighted by atomic mass is 16.4. The summed E-state index contributed by atoms with van der Waals surface area (Å²) in [5.74, 6) is -1.25. The lowest BCUT2D eigenvalue weighted by Gasteiger charge is -2.15. The molecule has 170 valence electrons. The van der Waals surface area contributed by atoms with Crippen molar-refractivity contribution >= 4 is 11.8 Å². The highest BCUT2D eigenvalue weighted by Crippen LogP contribution is 2.17. The summed E-state index contributed by atoms with van der Waals surface area (Å²) in [6.07, 6.45) is 14.6. The number of carboxylic acid groups (broad SMARTS) is 1. The van der Waals surface area contributed by atoms with Crippen LogP contribution < -0.4 is 0 Å². The molecule has 6 heteroatoms. The molecule has 0 saturated carbocycles. The Bertz CT molecular complexity index is 449. The minimum atomic E-state index is -0.955. The summed E-state index contributed by atoms with van der Waals surface area (Å²) in [6, 6.07) is 0. The molecule has 0 aromatic carbocycles. The van der Waals surface area contributed by atoms with Crippen molar-refractivity contribution in [1.29, 1.82) is 0 Å². The van der Waals surface area contributed by atoms with Crippen molar-refractivity contribution in [3.05, 3.63) is 12.2 Å². The van der Waals surface area contributed by atoms with E-state index in [2.05, 4.69) is 6.08 Å². The fourth-order valence-corrected chi connectivity index (χ4v) is 3.35. The van der Waals surface area contributed by atoms with Crippen LogP contribution in [0, 0.1) is 5.92 Å². The molecule has 0 radical (unpaired) electrons. The van der Waals surface area contributed by atoms with Gasteiger partial charge in [-0.15, -0.1) is 0 Å². The number of carbonyl (C=O) groups is 2. The molecule has 3 atom stereocenters. The number of aliphatic hydroxyl groups is 3. The third-order valence-corrected chi connectivity index (χ3v) is 5.18. The number of carboxylic acids is 1. The monoisotopic (exact) mass is 414 g/mol. The standard InChI is InChI=1S/C23H42O6/c1-19(25)13-9-7-8-12-16-21(26)15-11-6-4-2-3-5-10-14-20(23(28)29)17-22(27)18-24/h6,11,20-22,24,26-27H,2-5,7-10,12-18H2,1H3,(H,28,29)/t20?,21-,22?/m0/s1. The SMILES string of the molecule is CC(=O)CCCCCC[C@@H](O)CC=CCCCCCCC(CC(O)CO)C(=O)O. The molecule has 0 aliphatic heterocycles. The lowest BCUT2D eigenvalue weighted by Crippen LogP contribution is -2.23. The van der Waals surface area contributed by atoms with E-state index in [0.717, 1.165) is 64.2 Å². The summed E-state index contributed by atoms with van der Waals surface area (Å²) < 4.78 is 0. The average molecular weight is 415 g/mol. The molecule has 0 rings (SSSR count). The molecule has 0 amide bonds. The number of aliphatic carboxylic acids is 1. The molecule has 0 heterocycles. The van der Waals surface area contributed by atoms with E-state index in [9.17, 15) is 19.8 Å². The van der Waals surface area contributed by atoms with Gasteiger partial charge in [0.2, 0.25) is 0 Å². The van der Waals surface area contributed by atoms with Crippen LogP contribution in [0.4, 0.5) is 0 Å². The Morgan fingerprint density at radius 3 is 2.07 bits per heavy atom. The van der Waals surface area contributed by atoms with Crippen LogP contribution in [0.25, 0.3) is 0 Å². The second-order valence-electron chi connectivity index (χ2n) is 8.11. The van der Waals surface area contributed by atoms with E-state index in [1.54, 1.807) is 6.92 Å². The number of unbranched alkanes of at least 4 members (excludes halogenated alkanes) is 7. The highest BCUT2D eigenvalue weighted by Gasteiger charge is 2.20. The van der Waals surface area contributed by atoms with Gasteiger partial charge in [0.25, 0.3) is 0 Å². The summed E-state index contributed by atoms with van der Waals surface area (Å²) in [4.78, 5) is 22.0. The second kappa shape index (κ2) is 18.8.